The molecule has 3 fully saturated rings. The quantitative estimate of drug-likeness (QED) is 0.539. The lowest BCUT2D eigenvalue weighted by atomic mass is 9.66. The number of amides is 3. The first-order chi connectivity index (χ1) is 16.8. The van der Waals surface area contributed by atoms with Crippen molar-refractivity contribution >= 4 is 34.2 Å². The fraction of sp³-hybridized carbons (Fsp3) is 0.519. The van der Waals surface area contributed by atoms with Crippen molar-refractivity contribution in [1.29, 1.82) is 0 Å². The number of ether oxygens (including phenoxy) is 1. The number of fused-ring (bicyclic) bond motifs is 2. The molecule has 186 valence electrons. The summed E-state index contributed by atoms with van der Waals surface area (Å²) in [7, 11) is 0. The van der Waals surface area contributed by atoms with Crippen LogP contribution in [0.1, 0.15) is 39.5 Å². The molecule has 2 aromatic rings. The number of hydrogen-bond donors (Lipinski definition) is 3. The van der Waals surface area contributed by atoms with E-state index in [1.165, 1.54) is 4.90 Å². The minimum atomic E-state index is -1.06. The maximum atomic E-state index is 13.8. The molecular formula is C27H33N3O5. The summed E-state index contributed by atoms with van der Waals surface area (Å²) in [6, 6.07) is 12.7. The van der Waals surface area contributed by atoms with Gasteiger partial charge in [0.25, 0.3) is 0 Å². The topological polar surface area (TPSA) is 108 Å². The van der Waals surface area contributed by atoms with Crippen molar-refractivity contribution in [3.05, 3.63) is 42.5 Å². The van der Waals surface area contributed by atoms with Crippen LogP contribution >= 0.6 is 0 Å². The van der Waals surface area contributed by atoms with Crippen LogP contribution in [0.2, 0.25) is 0 Å². The fourth-order valence-electron chi connectivity index (χ4n) is 6.44. The molecule has 0 aromatic heterocycles. The maximum absolute atomic E-state index is 13.8. The van der Waals surface area contributed by atoms with Gasteiger partial charge in [-0.15, -0.1) is 0 Å². The maximum Gasteiger partial charge on any atom is 0.250 e. The van der Waals surface area contributed by atoms with E-state index in [9.17, 15) is 19.5 Å². The Balaban J connectivity index is 1.49. The standard InChI is InChI=1S/C27H33N3O5/c1-3-13-28-23(32)20-21-25(34)30(14-6-15-31)22(27(21)12-11-26(20,2)35-27)24(33)29-19-10-9-17-7-4-5-8-18(17)16-19/h4-5,7-10,16,20-22,31H,3,6,11-15H2,1-2H3,(H,28,32)(H,29,33)/t20-,21-,22?,26+,27?/m0/s1. The Kier molecular flexibility index (Phi) is 6.05. The van der Waals surface area contributed by atoms with Crippen LogP contribution in [0.15, 0.2) is 42.5 Å². The molecule has 0 radical (unpaired) electrons. The second kappa shape index (κ2) is 8.91. The first-order valence-corrected chi connectivity index (χ1v) is 12.5. The smallest absolute Gasteiger partial charge is 0.250 e. The third kappa shape index (κ3) is 3.70. The van der Waals surface area contributed by atoms with Gasteiger partial charge in [-0.3, -0.25) is 14.4 Å². The van der Waals surface area contributed by atoms with Crippen LogP contribution in [0.5, 0.6) is 0 Å². The molecule has 2 unspecified atom stereocenters. The number of rotatable bonds is 8. The monoisotopic (exact) mass is 479 g/mol. The van der Waals surface area contributed by atoms with E-state index in [0.29, 0.717) is 31.5 Å². The van der Waals surface area contributed by atoms with Crippen LogP contribution < -0.4 is 10.6 Å². The molecule has 1 spiro atoms. The molecule has 3 aliphatic heterocycles. The molecule has 0 saturated carbocycles. The highest BCUT2D eigenvalue weighted by molar-refractivity contribution is 6.04. The van der Waals surface area contributed by atoms with Gasteiger partial charge >= 0.3 is 0 Å². The number of carbonyl (C=O) groups excluding carboxylic acids is 3. The molecule has 3 saturated heterocycles. The highest BCUT2D eigenvalue weighted by Crippen LogP contribution is 2.63. The number of aliphatic hydroxyl groups excluding tert-OH is 1. The Morgan fingerprint density at radius 1 is 1.14 bits per heavy atom. The van der Waals surface area contributed by atoms with Crippen LogP contribution in [-0.4, -0.2) is 64.7 Å². The number of anilines is 1. The molecule has 3 amide bonds. The van der Waals surface area contributed by atoms with Gasteiger partial charge in [0.05, 0.1) is 17.4 Å². The third-order valence-corrected chi connectivity index (χ3v) is 7.93. The summed E-state index contributed by atoms with van der Waals surface area (Å²) in [5, 5.41) is 17.5. The van der Waals surface area contributed by atoms with E-state index >= 15 is 0 Å². The van der Waals surface area contributed by atoms with Crippen molar-refractivity contribution in [2.45, 2.75) is 56.8 Å². The van der Waals surface area contributed by atoms with E-state index in [0.717, 1.165) is 17.2 Å². The average Bonchev–Trinajstić information content (AvgIpc) is 3.41. The summed E-state index contributed by atoms with van der Waals surface area (Å²) in [5.74, 6) is -2.12. The number of nitrogens with zero attached hydrogens (tertiary/aromatic N) is 1. The van der Waals surface area contributed by atoms with Crippen LogP contribution in [0.3, 0.4) is 0 Å². The van der Waals surface area contributed by atoms with Crippen LogP contribution in [-0.2, 0) is 19.1 Å². The van der Waals surface area contributed by atoms with Crippen LogP contribution in [0.25, 0.3) is 10.8 Å². The lowest BCUT2D eigenvalue weighted by Crippen LogP contribution is -2.53. The Morgan fingerprint density at radius 3 is 2.66 bits per heavy atom. The van der Waals surface area contributed by atoms with E-state index in [1.54, 1.807) is 0 Å². The molecular weight excluding hydrogens is 446 g/mol. The van der Waals surface area contributed by atoms with Crippen molar-refractivity contribution in [2.75, 3.05) is 25.0 Å². The summed E-state index contributed by atoms with van der Waals surface area (Å²) in [5.41, 5.74) is -1.21. The average molecular weight is 480 g/mol. The van der Waals surface area contributed by atoms with Crippen molar-refractivity contribution in [1.82, 2.24) is 10.2 Å². The first kappa shape index (κ1) is 23.8. The normalized spacial score (nSPS) is 31.1. The van der Waals surface area contributed by atoms with Gasteiger partial charge < -0.3 is 25.4 Å². The van der Waals surface area contributed by atoms with Crippen LogP contribution in [0, 0.1) is 11.8 Å². The molecule has 2 bridgehead atoms. The third-order valence-electron chi connectivity index (χ3n) is 7.93. The van der Waals surface area contributed by atoms with Gasteiger partial charge in [0.15, 0.2) is 0 Å². The zero-order chi connectivity index (χ0) is 24.8. The number of carbonyl (C=O) groups is 3. The Bertz CT molecular complexity index is 1170. The van der Waals surface area contributed by atoms with Gasteiger partial charge in [0, 0.05) is 25.4 Å². The summed E-state index contributed by atoms with van der Waals surface area (Å²) in [6.45, 7) is 4.52. The van der Waals surface area contributed by atoms with Crippen LogP contribution in [0.4, 0.5) is 5.69 Å². The predicted octanol–water partition coefficient (Wildman–Crippen LogP) is 2.45. The van der Waals surface area contributed by atoms with Gasteiger partial charge in [-0.25, -0.2) is 0 Å². The zero-order valence-corrected chi connectivity index (χ0v) is 20.3. The van der Waals surface area contributed by atoms with Gasteiger partial charge in [-0.1, -0.05) is 37.3 Å². The second-order valence-electron chi connectivity index (χ2n) is 10.2. The number of benzene rings is 2. The Morgan fingerprint density at radius 2 is 1.91 bits per heavy atom. The summed E-state index contributed by atoms with van der Waals surface area (Å²) < 4.78 is 6.56. The molecule has 3 aliphatic rings. The van der Waals surface area contributed by atoms with Crippen molar-refractivity contribution in [3.8, 4) is 0 Å². The minimum absolute atomic E-state index is 0.0978. The number of likely N-dealkylation sites (tertiary alicyclic amines) is 1. The predicted molar refractivity (Wildman–Crippen MR) is 132 cm³/mol. The summed E-state index contributed by atoms with van der Waals surface area (Å²) in [6.07, 6.45) is 2.27. The lowest BCUT2D eigenvalue weighted by Gasteiger charge is -2.33. The van der Waals surface area contributed by atoms with Crippen molar-refractivity contribution < 1.29 is 24.2 Å². The van der Waals surface area contributed by atoms with E-state index in [1.807, 2.05) is 56.3 Å². The molecule has 8 heteroatoms. The summed E-state index contributed by atoms with van der Waals surface area (Å²) >= 11 is 0. The highest BCUT2D eigenvalue weighted by atomic mass is 16.5. The Labute approximate surface area is 205 Å². The number of aliphatic hydroxyl groups is 1. The van der Waals surface area contributed by atoms with Crippen molar-refractivity contribution in [3.63, 3.8) is 0 Å². The summed E-state index contributed by atoms with van der Waals surface area (Å²) in [4.78, 5) is 42.3. The van der Waals surface area contributed by atoms with E-state index in [2.05, 4.69) is 10.6 Å². The molecule has 8 nitrogen and oxygen atoms in total. The molecule has 3 N–H and O–H groups in total. The molecule has 5 atom stereocenters. The molecule has 2 aromatic carbocycles. The molecule has 0 aliphatic carbocycles. The van der Waals surface area contributed by atoms with E-state index < -0.39 is 29.1 Å². The van der Waals surface area contributed by atoms with Crippen molar-refractivity contribution in [2.24, 2.45) is 11.8 Å². The van der Waals surface area contributed by atoms with Gasteiger partial charge in [-0.05, 0) is 55.5 Å². The SMILES string of the molecule is CCCNC(=O)[C@@H]1[C@H]2C(=O)N(CCCO)C(C(=O)Nc3ccc4ccccc4c3)C23CC[C@@]1(C)O3. The first-order valence-electron chi connectivity index (χ1n) is 12.5. The number of hydrogen-bond acceptors (Lipinski definition) is 5. The van der Waals surface area contributed by atoms with Gasteiger partial charge in [0.1, 0.15) is 11.6 Å². The molecule has 5 rings (SSSR count). The van der Waals surface area contributed by atoms with Gasteiger partial charge in [-0.2, -0.15) is 0 Å². The lowest BCUT2D eigenvalue weighted by molar-refractivity contribution is -0.144. The van der Waals surface area contributed by atoms with Gasteiger partial charge in [0.2, 0.25) is 17.7 Å². The molecule has 3 heterocycles. The highest BCUT2D eigenvalue weighted by Gasteiger charge is 2.77. The molecule has 35 heavy (non-hydrogen) atoms. The largest absolute Gasteiger partial charge is 0.396 e. The number of nitrogens with one attached hydrogen (secondary N) is 2. The second-order valence-corrected chi connectivity index (χ2v) is 10.2. The van der Waals surface area contributed by atoms with E-state index in [4.69, 9.17) is 4.74 Å². The zero-order valence-electron chi connectivity index (χ0n) is 20.3. The minimum Gasteiger partial charge on any atom is -0.396 e. The Hall–Kier alpha value is -2.97. The van der Waals surface area contributed by atoms with E-state index in [-0.39, 0.29) is 30.9 Å². The fourth-order valence-corrected chi connectivity index (χ4v) is 6.44.